The van der Waals surface area contributed by atoms with Gasteiger partial charge in [-0.15, -0.1) is 0 Å². The molecule has 19 heavy (non-hydrogen) atoms. The molecule has 0 spiro atoms. The number of hydrogen-bond donors (Lipinski definition) is 2. The highest BCUT2D eigenvalue weighted by Crippen LogP contribution is 2.29. The molecule has 1 aromatic rings. The van der Waals surface area contributed by atoms with Crippen LogP contribution in [0.1, 0.15) is 51.4 Å². The molecule has 3 N–H and O–H groups in total. The quantitative estimate of drug-likeness (QED) is 0.591. The van der Waals surface area contributed by atoms with E-state index < -0.39 is 0 Å². The summed E-state index contributed by atoms with van der Waals surface area (Å²) in [5.41, 5.74) is 2.93. The van der Waals surface area contributed by atoms with E-state index in [0.29, 0.717) is 6.04 Å². The maximum Gasteiger partial charge on any atom is 0.138 e. The smallest absolute Gasteiger partial charge is 0.138 e. The second kappa shape index (κ2) is 7.26. The van der Waals surface area contributed by atoms with Crippen LogP contribution >= 0.6 is 11.8 Å². The first-order valence-corrected chi connectivity index (χ1v) is 8.21. The molecule has 0 aromatic carbocycles. The van der Waals surface area contributed by atoms with Crippen molar-refractivity contribution in [2.45, 2.75) is 63.3 Å². The third-order valence-corrected chi connectivity index (χ3v) is 5.17. The summed E-state index contributed by atoms with van der Waals surface area (Å²) in [6, 6.07) is 0.616. The highest BCUT2D eigenvalue weighted by Gasteiger charge is 2.19. The van der Waals surface area contributed by atoms with E-state index in [1.54, 1.807) is 6.33 Å². The van der Waals surface area contributed by atoms with Crippen LogP contribution in [-0.2, 0) is 6.42 Å². The van der Waals surface area contributed by atoms with Crippen molar-refractivity contribution in [1.29, 1.82) is 0 Å². The van der Waals surface area contributed by atoms with Gasteiger partial charge in [0, 0.05) is 29.5 Å². The fraction of sp³-hybridized carbons (Fsp3) is 0.846. The van der Waals surface area contributed by atoms with Crippen molar-refractivity contribution in [3.05, 3.63) is 12.2 Å². The number of hydrogen-bond acceptors (Lipinski definition) is 5. The lowest BCUT2D eigenvalue weighted by molar-refractivity contribution is 0.477. The molecule has 1 saturated carbocycles. The fourth-order valence-corrected chi connectivity index (χ4v) is 3.93. The maximum absolute atomic E-state index is 5.68. The number of nitrogens with two attached hydrogens (primary N) is 1. The Kier molecular flexibility index (Phi) is 5.66. The number of nitrogens with one attached hydrogen (secondary N) is 1. The van der Waals surface area contributed by atoms with Gasteiger partial charge >= 0.3 is 0 Å². The number of thioether (sulfide) groups is 1. The van der Waals surface area contributed by atoms with Crippen LogP contribution in [0.15, 0.2) is 6.33 Å². The maximum atomic E-state index is 5.68. The molecule has 1 aliphatic carbocycles. The summed E-state index contributed by atoms with van der Waals surface area (Å²) in [5.74, 6) is 7.75. The second-order valence-electron chi connectivity index (χ2n) is 5.52. The predicted molar refractivity (Wildman–Crippen MR) is 79.9 cm³/mol. The summed E-state index contributed by atoms with van der Waals surface area (Å²) in [7, 11) is 0. The second-order valence-corrected chi connectivity index (χ2v) is 6.86. The first kappa shape index (κ1) is 14.8. The Morgan fingerprint density at radius 1 is 1.47 bits per heavy atom. The zero-order valence-electron chi connectivity index (χ0n) is 11.9. The minimum absolute atomic E-state index is 0.271. The molecule has 1 aromatic heterocycles. The van der Waals surface area contributed by atoms with E-state index in [1.807, 2.05) is 4.68 Å². The standard InChI is InChI=1S/C13H25N5S/c1-10(2)18-13(15-9-16-18)7-11(17-14)8-19-12-5-3-4-6-12/h9-12,17H,3-8,14H2,1-2H3. The van der Waals surface area contributed by atoms with Crippen molar-refractivity contribution >= 4 is 11.8 Å². The third-order valence-electron chi connectivity index (χ3n) is 3.64. The van der Waals surface area contributed by atoms with E-state index >= 15 is 0 Å². The van der Waals surface area contributed by atoms with Gasteiger partial charge in [0.2, 0.25) is 0 Å². The lowest BCUT2D eigenvalue weighted by Gasteiger charge is -2.18. The normalized spacial score (nSPS) is 18.3. The fourth-order valence-electron chi connectivity index (χ4n) is 2.55. The predicted octanol–water partition coefficient (Wildman–Crippen LogP) is 1.91. The van der Waals surface area contributed by atoms with Crippen molar-refractivity contribution in [2.75, 3.05) is 5.75 Å². The minimum Gasteiger partial charge on any atom is -0.271 e. The highest BCUT2D eigenvalue weighted by atomic mass is 32.2. The molecule has 0 radical (unpaired) electrons. The first-order chi connectivity index (χ1) is 9.20. The van der Waals surface area contributed by atoms with Crippen LogP contribution < -0.4 is 11.3 Å². The number of aromatic nitrogens is 3. The summed E-state index contributed by atoms with van der Waals surface area (Å²) >= 11 is 2.05. The summed E-state index contributed by atoms with van der Waals surface area (Å²) < 4.78 is 1.98. The summed E-state index contributed by atoms with van der Waals surface area (Å²) in [6.45, 7) is 4.24. The monoisotopic (exact) mass is 283 g/mol. The van der Waals surface area contributed by atoms with E-state index in [-0.39, 0.29) is 6.04 Å². The molecule has 0 bridgehead atoms. The number of nitrogens with zero attached hydrogens (tertiary/aromatic N) is 3. The molecular formula is C13H25N5S. The zero-order chi connectivity index (χ0) is 13.7. The molecule has 0 saturated heterocycles. The van der Waals surface area contributed by atoms with E-state index in [1.165, 1.54) is 25.7 Å². The first-order valence-electron chi connectivity index (χ1n) is 7.16. The van der Waals surface area contributed by atoms with Gasteiger partial charge in [0.15, 0.2) is 0 Å². The molecule has 1 atom stereocenters. The van der Waals surface area contributed by atoms with Crippen LogP contribution in [0.2, 0.25) is 0 Å². The third kappa shape index (κ3) is 4.19. The van der Waals surface area contributed by atoms with Gasteiger partial charge in [-0.05, 0) is 26.7 Å². The van der Waals surface area contributed by atoms with Gasteiger partial charge in [-0.25, -0.2) is 9.67 Å². The summed E-state index contributed by atoms with van der Waals surface area (Å²) in [5, 5.41) is 5.10. The van der Waals surface area contributed by atoms with E-state index in [2.05, 4.69) is 41.1 Å². The average Bonchev–Trinajstić information content (AvgIpc) is 3.05. The van der Waals surface area contributed by atoms with Gasteiger partial charge in [0.05, 0.1) is 0 Å². The Morgan fingerprint density at radius 3 is 2.84 bits per heavy atom. The molecule has 0 aliphatic heterocycles. The molecule has 1 aliphatic rings. The van der Waals surface area contributed by atoms with E-state index in [4.69, 9.17) is 5.84 Å². The highest BCUT2D eigenvalue weighted by molar-refractivity contribution is 7.99. The molecule has 5 nitrogen and oxygen atoms in total. The van der Waals surface area contributed by atoms with Gasteiger partial charge in [-0.1, -0.05) is 12.8 Å². The molecule has 6 heteroatoms. The molecular weight excluding hydrogens is 258 g/mol. The molecule has 1 heterocycles. The lowest BCUT2D eigenvalue weighted by Crippen LogP contribution is -2.39. The van der Waals surface area contributed by atoms with Gasteiger partial charge in [0.1, 0.15) is 12.2 Å². The van der Waals surface area contributed by atoms with Crippen LogP contribution in [0.25, 0.3) is 0 Å². The SMILES string of the molecule is CC(C)n1ncnc1CC(CSC1CCCC1)NN. The van der Waals surface area contributed by atoms with Crippen molar-refractivity contribution in [3.63, 3.8) is 0 Å². The minimum atomic E-state index is 0.271. The van der Waals surface area contributed by atoms with Gasteiger partial charge in [-0.3, -0.25) is 11.3 Å². The Morgan fingerprint density at radius 2 is 2.21 bits per heavy atom. The Hall–Kier alpha value is -0.590. The Bertz CT molecular complexity index is 373. The molecule has 1 fully saturated rings. The van der Waals surface area contributed by atoms with Gasteiger partial charge in [-0.2, -0.15) is 16.9 Å². The zero-order valence-corrected chi connectivity index (χ0v) is 12.7. The van der Waals surface area contributed by atoms with Crippen molar-refractivity contribution in [3.8, 4) is 0 Å². The summed E-state index contributed by atoms with van der Waals surface area (Å²) in [4.78, 5) is 4.35. The van der Waals surface area contributed by atoms with Crippen LogP contribution in [0.4, 0.5) is 0 Å². The topological polar surface area (TPSA) is 68.8 Å². The van der Waals surface area contributed by atoms with Crippen molar-refractivity contribution in [1.82, 2.24) is 20.2 Å². The average molecular weight is 283 g/mol. The van der Waals surface area contributed by atoms with Gasteiger partial charge in [0.25, 0.3) is 0 Å². The van der Waals surface area contributed by atoms with Gasteiger partial charge < -0.3 is 0 Å². The van der Waals surface area contributed by atoms with E-state index in [0.717, 1.165) is 23.2 Å². The van der Waals surface area contributed by atoms with Crippen molar-refractivity contribution < 1.29 is 0 Å². The lowest BCUT2D eigenvalue weighted by atomic mass is 10.2. The van der Waals surface area contributed by atoms with Crippen LogP contribution in [-0.4, -0.2) is 31.8 Å². The summed E-state index contributed by atoms with van der Waals surface area (Å²) in [6.07, 6.45) is 7.98. The van der Waals surface area contributed by atoms with Crippen LogP contribution in [0, 0.1) is 0 Å². The molecule has 108 valence electrons. The largest absolute Gasteiger partial charge is 0.271 e. The van der Waals surface area contributed by atoms with Crippen LogP contribution in [0.3, 0.4) is 0 Å². The molecule has 1 unspecified atom stereocenters. The Labute approximate surface area is 119 Å². The number of hydrazine groups is 1. The molecule has 2 rings (SSSR count). The Balaban J connectivity index is 1.85. The van der Waals surface area contributed by atoms with Crippen molar-refractivity contribution in [2.24, 2.45) is 5.84 Å². The van der Waals surface area contributed by atoms with E-state index in [9.17, 15) is 0 Å². The van der Waals surface area contributed by atoms with Crippen LogP contribution in [0.5, 0.6) is 0 Å². The number of rotatable bonds is 7. The molecule has 0 amide bonds.